The molecule has 11 heteroatoms. The largest absolute Gasteiger partial charge is 0.496 e. The highest BCUT2D eigenvalue weighted by atomic mass is 16.6. The van der Waals surface area contributed by atoms with Gasteiger partial charge in [-0.3, -0.25) is 9.48 Å². The number of hydrogen-bond donors (Lipinski definition) is 1. The van der Waals surface area contributed by atoms with E-state index in [1.807, 2.05) is 44.8 Å². The highest BCUT2D eigenvalue weighted by molar-refractivity contribution is 6.08. The number of methoxy groups -OCH3 is 1. The fourth-order valence-electron chi connectivity index (χ4n) is 4.90. The molecule has 4 aromatic rings. The van der Waals surface area contributed by atoms with Gasteiger partial charge >= 0.3 is 6.09 Å². The van der Waals surface area contributed by atoms with Crippen LogP contribution in [0.4, 0.5) is 10.6 Å². The number of anilines is 1. The van der Waals surface area contributed by atoms with E-state index in [4.69, 9.17) is 14.6 Å². The van der Waals surface area contributed by atoms with Crippen LogP contribution in [0.1, 0.15) is 62.9 Å². The molecular weight excluding hydrogens is 486 g/mol. The van der Waals surface area contributed by atoms with Crippen LogP contribution in [-0.4, -0.2) is 67.1 Å². The minimum Gasteiger partial charge on any atom is -0.496 e. The lowest BCUT2D eigenvalue weighted by molar-refractivity contribution is 0.0173. The van der Waals surface area contributed by atoms with Gasteiger partial charge in [0.1, 0.15) is 11.4 Å². The number of amides is 2. The van der Waals surface area contributed by atoms with Crippen LogP contribution in [0.15, 0.2) is 42.9 Å². The lowest BCUT2D eigenvalue weighted by Crippen LogP contribution is -2.42. The summed E-state index contributed by atoms with van der Waals surface area (Å²) < 4.78 is 14.6. The average Bonchev–Trinajstić information content (AvgIpc) is 3.50. The van der Waals surface area contributed by atoms with Crippen molar-refractivity contribution in [1.82, 2.24) is 29.3 Å². The first kappa shape index (κ1) is 25.5. The zero-order valence-corrected chi connectivity index (χ0v) is 22.3. The summed E-state index contributed by atoms with van der Waals surface area (Å²) in [7, 11) is 3.34. The summed E-state index contributed by atoms with van der Waals surface area (Å²) in [6.07, 6.45) is 8.39. The molecule has 0 unspecified atom stereocenters. The number of carbonyl (C=O) groups is 2. The van der Waals surface area contributed by atoms with Crippen LogP contribution >= 0.6 is 0 Å². The molecule has 5 rings (SSSR count). The molecule has 1 N–H and O–H groups in total. The normalized spacial score (nSPS) is 17.9. The molecule has 3 aromatic heterocycles. The van der Waals surface area contributed by atoms with Gasteiger partial charge in [0.25, 0.3) is 5.91 Å². The zero-order chi connectivity index (χ0) is 27.0. The molecule has 38 heavy (non-hydrogen) atoms. The predicted octanol–water partition coefficient (Wildman–Crippen LogP) is 4.69. The Bertz CT molecular complexity index is 1480. The van der Waals surface area contributed by atoms with Crippen molar-refractivity contribution in [3.63, 3.8) is 0 Å². The molecular formula is C27H33N7O4. The highest BCUT2D eigenvalue weighted by Gasteiger charge is 2.30. The number of aromatic nitrogens is 5. The Balaban J connectivity index is 1.30. The summed E-state index contributed by atoms with van der Waals surface area (Å²) in [5.41, 5.74) is 1.27. The van der Waals surface area contributed by atoms with Crippen LogP contribution in [-0.2, 0) is 4.74 Å². The first-order chi connectivity index (χ1) is 18.1. The van der Waals surface area contributed by atoms with E-state index in [-0.39, 0.29) is 24.1 Å². The Morgan fingerprint density at radius 2 is 1.92 bits per heavy atom. The maximum Gasteiger partial charge on any atom is 0.410 e. The first-order valence-electron chi connectivity index (χ1n) is 12.8. The number of nitrogens with one attached hydrogen (secondary N) is 1. The molecule has 0 spiro atoms. The Morgan fingerprint density at radius 3 is 2.63 bits per heavy atom. The third-order valence-electron chi connectivity index (χ3n) is 6.88. The zero-order valence-electron chi connectivity index (χ0n) is 22.3. The second kappa shape index (κ2) is 9.96. The third kappa shape index (κ3) is 5.13. The SMILES string of the molecule is COc1cc2nn(C3CCC(N(C)C(=O)OC(C)(C)C)CC3)cc2cc1C(=O)Nc1cnc2cccnn12. The Labute approximate surface area is 220 Å². The molecule has 0 atom stereocenters. The number of ether oxygens (including phenoxy) is 2. The minimum absolute atomic E-state index is 0.135. The van der Waals surface area contributed by atoms with Crippen LogP contribution in [0.25, 0.3) is 16.6 Å². The molecule has 1 aliphatic rings. The molecule has 3 heterocycles. The highest BCUT2D eigenvalue weighted by Crippen LogP contribution is 2.33. The van der Waals surface area contributed by atoms with Gasteiger partial charge in [0.2, 0.25) is 0 Å². The van der Waals surface area contributed by atoms with E-state index in [2.05, 4.69) is 15.4 Å². The van der Waals surface area contributed by atoms with Gasteiger partial charge in [-0.25, -0.2) is 9.78 Å². The van der Waals surface area contributed by atoms with Gasteiger partial charge in [-0.1, -0.05) is 0 Å². The molecule has 0 bridgehead atoms. The number of benzene rings is 1. The van der Waals surface area contributed by atoms with Gasteiger partial charge < -0.3 is 19.7 Å². The Morgan fingerprint density at radius 1 is 1.16 bits per heavy atom. The number of nitrogens with zero attached hydrogens (tertiary/aromatic N) is 6. The van der Waals surface area contributed by atoms with Crippen molar-refractivity contribution in [3.05, 3.63) is 48.4 Å². The maximum atomic E-state index is 13.2. The van der Waals surface area contributed by atoms with E-state index < -0.39 is 5.60 Å². The van der Waals surface area contributed by atoms with Crippen molar-refractivity contribution in [2.24, 2.45) is 0 Å². The smallest absolute Gasteiger partial charge is 0.410 e. The molecule has 0 saturated heterocycles. The fraction of sp³-hybridized carbons (Fsp3) is 0.444. The Hall–Kier alpha value is -4.15. The molecule has 11 nitrogen and oxygen atoms in total. The van der Waals surface area contributed by atoms with E-state index in [9.17, 15) is 9.59 Å². The molecule has 0 aliphatic heterocycles. The number of rotatable bonds is 5. The van der Waals surface area contributed by atoms with Crippen molar-refractivity contribution in [2.45, 2.75) is 64.1 Å². The number of imidazole rings is 1. The van der Waals surface area contributed by atoms with Gasteiger partial charge in [-0.15, -0.1) is 0 Å². The van der Waals surface area contributed by atoms with Crippen LogP contribution in [0, 0.1) is 0 Å². The van der Waals surface area contributed by atoms with Gasteiger partial charge in [-0.2, -0.15) is 14.7 Å². The molecule has 0 radical (unpaired) electrons. The summed E-state index contributed by atoms with van der Waals surface area (Å²) in [6, 6.07) is 7.52. The van der Waals surface area contributed by atoms with Crippen molar-refractivity contribution < 1.29 is 19.1 Å². The molecule has 2 amide bonds. The van der Waals surface area contributed by atoms with Gasteiger partial charge in [0.05, 0.1) is 30.4 Å². The van der Waals surface area contributed by atoms with Crippen LogP contribution in [0.5, 0.6) is 5.75 Å². The summed E-state index contributed by atoms with van der Waals surface area (Å²) in [4.78, 5) is 31.7. The van der Waals surface area contributed by atoms with Gasteiger partial charge in [-0.05, 0) is 64.7 Å². The summed E-state index contributed by atoms with van der Waals surface area (Å²) in [6.45, 7) is 5.62. The fourth-order valence-corrected chi connectivity index (χ4v) is 4.90. The second-order valence-electron chi connectivity index (χ2n) is 10.7. The molecule has 200 valence electrons. The summed E-state index contributed by atoms with van der Waals surface area (Å²) >= 11 is 0. The van der Waals surface area contributed by atoms with E-state index in [0.29, 0.717) is 22.8 Å². The molecule has 1 fully saturated rings. The van der Waals surface area contributed by atoms with Gasteiger partial charge in [0, 0.05) is 36.9 Å². The number of carbonyl (C=O) groups excluding carboxylic acids is 2. The summed E-state index contributed by atoms with van der Waals surface area (Å²) in [5, 5.41) is 12.8. The first-order valence-corrected chi connectivity index (χ1v) is 12.8. The van der Waals surface area contributed by atoms with Crippen LogP contribution in [0.3, 0.4) is 0 Å². The number of fused-ring (bicyclic) bond motifs is 2. The topological polar surface area (TPSA) is 116 Å². The third-order valence-corrected chi connectivity index (χ3v) is 6.88. The number of hydrogen-bond acceptors (Lipinski definition) is 7. The van der Waals surface area contributed by atoms with E-state index in [1.165, 1.54) is 7.11 Å². The predicted molar refractivity (Wildman–Crippen MR) is 143 cm³/mol. The monoisotopic (exact) mass is 519 g/mol. The molecule has 1 aromatic carbocycles. The van der Waals surface area contributed by atoms with Crippen LogP contribution < -0.4 is 10.1 Å². The van der Waals surface area contributed by atoms with Crippen LogP contribution in [0.2, 0.25) is 0 Å². The van der Waals surface area contributed by atoms with Crippen molar-refractivity contribution in [1.29, 1.82) is 0 Å². The quantitative estimate of drug-likeness (QED) is 0.407. The van der Waals surface area contributed by atoms with Crippen molar-refractivity contribution >= 4 is 34.4 Å². The van der Waals surface area contributed by atoms with Crippen molar-refractivity contribution in [3.8, 4) is 5.75 Å². The van der Waals surface area contributed by atoms with E-state index in [1.54, 1.807) is 40.0 Å². The lowest BCUT2D eigenvalue weighted by Gasteiger charge is -2.35. The standard InChI is InChI=1S/C27H33N7O4/c1-27(2,3)38-26(36)32(4)18-8-10-19(11-9-18)33-16-17-13-20(22(37-5)14-21(17)31-33)25(35)30-24-15-28-23-7-6-12-29-34(23)24/h6-7,12-16,18-19H,8-11H2,1-5H3,(H,30,35). The van der Waals surface area contributed by atoms with Gasteiger partial charge in [0.15, 0.2) is 11.5 Å². The summed E-state index contributed by atoms with van der Waals surface area (Å²) in [5.74, 6) is 0.580. The average molecular weight is 520 g/mol. The molecule has 1 saturated carbocycles. The lowest BCUT2D eigenvalue weighted by atomic mass is 9.90. The molecule has 1 aliphatic carbocycles. The maximum absolute atomic E-state index is 13.2. The van der Waals surface area contributed by atoms with E-state index in [0.717, 1.165) is 36.6 Å². The Kier molecular flexibility index (Phi) is 6.68. The van der Waals surface area contributed by atoms with Crippen molar-refractivity contribution in [2.75, 3.05) is 19.5 Å². The second-order valence-corrected chi connectivity index (χ2v) is 10.7. The minimum atomic E-state index is -0.516. The van der Waals surface area contributed by atoms with E-state index >= 15 is 0 Å².